The van der Waals surface area contributed by atoms with E-state index in [1.54, 1.807) is 12.1 Å². The third kappa shape index (κ3) is 3.78. The van der Waals surface area contributed by atoms with Crippen LogP contribution in [0.1, 0.15) is 35.1 Å². The Morgan fingerprint density at radius 2 is 1.75 bits per heavy atom. The Labute approximate surface area is 158 Å². The van der Waals surface area contributed by atoms with Crippen LogP contribution in [0.4, 0.5) is 13.2 Å². The van der Waals surface area contributed by atoms with Gasteiger partial charge in [-0.15, -0.1) is 0 Å². The van der Waals surface area contributed by atoms with Gasteiger partial charge in [0.2, 0.25) is 0 Å². The number of fused-ring (bicyclic) bond motifs is 1. The molecule has 28 heavy (non-hydrogen) atoms. The number of carbonyl (C=O) groups is 1. The van der Waals surface area contributed by atoms with E-state index in [2.05, 4.69) is 0 Å². The van der Waals surface area contributed by atoms with E-state index in [0.717, 1.165) is 17.7 Å². The zero-order valence-electron chi connectivity index (χ0n) is 15.2. The monoisotopic (exact) mass is 389 g/mol. The van der Waals surface area contributed by atoms with Gasteiger partial charge in [-0.1, -0.05) is 23.8 Å². The molecule has 0 saturated heterocycles. The summed E-state index contributed by atoms with van der Waals surface area (Å²) in [5.41, 5.74) is 1.25. The van der Waals surface area contributed by atoms with Crippen LogP contribution in [0.2, 0.25) is 0 Å². The summed E-state index contributed by atoms with van der Waals surface area (Å²) in [4.78, 5) is 24.1. The number of aromatic nitrogens is 1. The number of carboxylic acid groups (broad SMARTS) is 1. The van der Waals surface area contributed by atoms with Gasteiger partial charge in [-0.2, -0.15) is 13.2 Å². The van der Waals surface area contributed by atoms with Crippen LogP contribution in [0.25, 0.3) is 10.9 Å². The molecule has 0 saturated carbocycles. The Hall–Kier alpha value is -3.09. The van der Waals surface area contributed by atoms with Crippen LogP contribution in [0.15, 0.2) is 53.3 Å². The summed E-state index contributed by atoms with van der Waals surface area (Å²) >= 11 is 0. The highest BCUT2D eigenvalue weighted by Crippen LogP contribution is 2.30. The maximum Gasteiger partial charge on any atom is 0.416 e. The molecular formula is C21H18F3NO3. The molecule has 1 atom stereocenters. The first-order chi connectivity index (χ1) is 13.1. The van der Waals surface area contributed by atoms with Crippen molar-refractivity contribution in [3.8, 4) is 0 Å². The third-order valence-corrected chi connectivity index (χ3v) is 4.76. The Morgan fingerprint density at radius 3 is 2.32 bits per heavy atom. The fourth-order valence-electron chi connectivity index (χ4n) is 3.16. The maximum absolute atomic E-state index is 12.7. The molecule has 1 N–H and O–H groups in total. The summed E-state index contributed by atoms with van der Waals surface area (Å²) in [5.74, 6) is -1.90. The zero-order chi connectivity index (χ0) is 20.6. The number of hydrogen-bond acceptors (Lipinski definition) is 2. The van der Waals surface area contributed by atoms with Crippen molar-refractivity contribution in [1.82, 2.24) is 4.57 Å². The van der Waals surface area contributed by atoms with Crippen LogP contribution in [0.3, 0.4) is 0 Å². The van der Waals surface area contributed by atoms with E-state index in [1.807, 2.05) is 13.0 Å². The molecule has 0 amide bonds. The van der Waals surface area contributed by atoms with Gasteiger partial charge in [-0.05, 0) is 49.2 Å². The second-order valence-corrected chi connectivity index (χ2v) is 6.80. The summed E-state index contributed by atoms with van der Waals surface area (Å²) in [6, 6.07) is 11.3. The Morgan fingerprint density at radius 1 is 1.11 bits per heavy atom. The lowest BCUT2D eigenvalue weighted by molar-refractivity contribution is -0.138. The largest absolute Gasteiger partial charge is 0.481 e. The van der Waals surface area contributed by atoms with Gasteiger partial charge < -0.3 is 9.67 Å². The first kappa shape index (κ1) is 19.7. The van der Waals surface area contributed by atoms with Crippen molar-refractivity contribution in [3.63, 3.8) is 0 Å². The van der Waals surface area contributed by atoms with Crippen LogP contribution < -0.4 is 5.56 Å². The van der Waals surface area contributed by atoms with Gasteiger partial charge in [0, 0.05) is 11.5 Å². The van der Waals surface area contributed by atoms with Gasteiger partial charge in [-0.3, -0.25) is 9.59 Å². The molecule has 1 unspecified atom stereocenters. The van der Waals surface area contributed by atoms with E-state index in [1.165, 1.54) is 29.7 Å². The van der Waals surface area contributed by atoms with E-state index < -0.39 is 29.2 Å². The number of rotatable bonds is 4. The van der Waals surface area contributed by atoms with E-state index >= 15 is 0 Å². The Balaban J connectivity index is 2.12. The number of aryl methyl sites for hydroxylation is 1. The first-order valence-electron chi connectivity index (χ1n) is 8.61. The minimum Gasteiger partial charge on any atom is -0.481 e. The number of pyridine rings is 1. The van der Waals surface area contributed by atoms with Crippen LogP contribution in [0.5, 0.6) is 0 Å². The number of halogens is 3. The molecule has 0 aliphatic carbocycles. The number of aliphatic carboxylic acids is 1. The molecular weight excluding hydrogens is 371 g/mol. The van der Waals surface area contributed by atoms with Crippen molar-refractivity contribution in [1.29, 1.82) is 0 Å². The van der Waals surface area contributed by atoms with Crippen LogP contribution in [-0.4, -0.2) is 15.6 Å². The fourth-order valence-corrected chi connectivity index (χ4v) is 3.16. The predicted molar refractivity (Wildman–Crippen MR) is 99.5 cm³/mol. The molecule has 3 aromatic rings. The van der Waals surface area contributed by atoms with E-state index in [-0.39, 0.29) is 6.54 Å². The number of hydrogen-bond donors (Lipinski definition) is 1. The Kier molecular flexibility index (Phi) is 5.02. The number of nitrogens with zero attached hydrogens (tertiary/aromatic N) is 1. The zero-order valence-corrected chi connectivity index (χ0v) is 15.2. The van der Waals surface area contributed by atoms with Gasteiger partial charge >= 0.3 is 12.1 Å². The number of benzene rings is 2. The van der Waals surface area contributed by atoms with Crippen molar-refractivity contribution in [3.05, 3.63) is 81.1 Å². The van der Waals surface area contributed by atoms with Crippen molar-refractivity contribution in [2.45, 2.75) is 32.5 Å². The fraction of sp³-hybridized carbons (Fsp3) is 0.238. The standard InChI is InChI=1S/C21H18F3NO3/c1-12-3-8-18-17(9-12)16(13(2)20(27)28)10-19(26)25(18)11-14-4-6-15(7-5-14)21(22,23)24/h3-10,13H,11H2,1-2H3,(H,27,28). The predicted octanol–water partition coefficient (Wildman–Crippen LogP) is 4.57. The molecule has 0 spiro atoms. The number of alkyl halides is 3. The van der Waals surface area contributed by atoms with E-state index in [0.29, 0.717) is 22.0 Å². The molecule has 7 heteroatoms. The lowest BCUT2D eigenvalue weighted by atomic mass is 9.96. The van der Waals surface area contributed by atoms with Gasteiger partial charge in [0.15, 0.2) is 0 Å². The summed E-state index contributed by atoms with van der Waals surface area (Å²) in [6.07, 6.45) is -4.42. The molecule has 146 valence electrons. The number of carboxylic acids is 1. The highest BCUT2D eigenvalue weighted by atomic mass is 19.4. The molecule has 4 nitrogen and oxygen atoms in total. The third-order valence-electron chi connectivity index (χ3n) is 4.76. The van der Waals surface area contributed by atoms with E-state index in [4.69, 9.17) is 0 Å². The lowest BCUT2D eigenvalue weighted by Gasteiger charge is -2.16. The molecule has 2 aromatic carbocycles. The first-order valence-corrected chi connectivity index (χ1v) is 8.61. The molecule has 1 aromatic heterocycles. The molecule has 0 aliphatic rings. The molecule has 0 aliphatic heterocycles. The summed E-state index contributed by atoms with van der Waals surface area (Å²) in [6.45, 7) is 3.46. The maximum atomic E-state index is 12.7. The highest BCUT2D eigenvalue weighted by molar-refractivity contribution is 5.89. The average Bonchev–Trinajstić information content (AvgIpc) is 2.62. The molecule has 3 rings (SSSR count). The molecule has 0 radical (unpaired) electrons. The topological polar surface area (TPSA) is 59.3 Å². The average molecular weight is 389 g/mol. The minimum absolute atomic E-state index is 0.0816. The molecule has 0 fully saturated rings. The van der Waals surface area contributed by atoms with Crippen molar-refractivity contribution in [2.24, 2.45) is 0 Å². The van der Waals surface area contributed by atoms with Crippen molar-refractivity contribution >= 4 is 16.9 Å². The smallest absolute Gasteiger partial charge is 0.416 e. The van der Waals surface area contributed by atoms with E-state index in [9.17, 15) is 27.9 Å². The second kappa shape index (κ2) is 7.14. The minimum atomic E-state index is -4.42. The van der Waals surface area contributed by atoms with Crippen LogP contribution in [-0.2, 0) is 17.5 Å². The van der Waals surface area contributed by atoms with Gasteiger partial charge in [-0.25, -0.2) is 0 Å². The highest BCUT2D eigenvalue weighted by Gasteiger charge is 2.30. The van der Waals surface area contributed by atoms with Crippen molar-refractivity contribution in [2.75, 3.05) is 0 Å². The van der Waals surface area contributed by atoms with Gasteiger partial charge in [0.1, 0.15) is 0 Å². The normalized spacial score (nSPS) is 12.9. The summed E-state index contributed by atoms with van der Waals surface area (Å²) in [7, 11) is 0. The Bertz CT molecular complexity index is 1100. The van der Waals surface area contributed by atoms with Crippen LogP contribution >= 0.6 is 0 Å². The second-order valence-electron chi connectivity index (χ2n) is 6.80. The summed E-state index contributed by atoms with van der Waals surface area (Å²) in [5, 5.41) is 9.99. The van der Waals surface area contributed by atoms with Gasteiger partial charge in [0.25, 0.3) is 5.56 Å². The summed E-state index contributed by atoms with van der Waals surface area (Å²) < 4.78 is 39.7. The van der Waals surface area contributed by atoms with Crippen LogP contribution in [0, 0.1) is 6.92 Å². The SMILES string of the molecule is Cc1ccc2c(c1)c(C(C)C(=O)O)cc(=O)n2Cc1ccc(C(F)(F)F)cc1. The molecule has 1 heterocycles. The molecule has 0 bridgehead atoms. The van der Waals surface area contributed by atoms with Gasteiger partial charge in [0.05, 0.1) is 23.5 Å². The quantitative estimate of drug-likeness (QED) is 0.711. The van der Waals surface area contributed by atoms with Crippen molar-refractivity contribution < 1.29 is 23.1 Å². The lowest BCUT2D eigenvalue weighted by Crippen LogP contribution is -2.23.